The van der Waals surface area contributed by atoms with Crippen LogP contribution in [0.25, 0.3) is 0 Å². The molecule has 0 aliphatic carbocycles. The summed E-state index contributed by atoms with van der Waals surface area (Å²) < 4.78 is 0. The first-order valence-corrected chi connectivity index (χ1v) is 8.74. The monoisotopic (exact) mass is 314 g/mol. The maximum Gasteiger partial charge on any atom is 0.251 e. The summed E-state index contributed by atoms with van der Waals surface area (Å²) in [6.07, 6.45) is 2.52. The van der Waals surface area contributed by atoms with Gasteiger partial charge in [-0.05, 0) is 56.4 Å². The predicted octanol–water partition coefficient (Wildman–Crippen LogP) is 3.62. The van der Waals surface area contributed by atoms with Crippen LogP contribution in [0.1, 0.15) is 39.7 Å². The van der Waals surface area contributed by atoms with E-state index in [9.17, 15) is 4.79 Å². The summed E-state index contributed by atoms with van der Waals surface area (Å²) in [4.78, 5) is 16.1. The highest BCUT2D eigenvalue weighted by molar-refractivity contribution is 7.10. The second-order valence-electron chi connectivity index (χ2n) is 5.85. The molecule has 116 valence electrons. The highest BCUT2D eigenvalue weighted by atomic mass is 32.1. The Morgan fingerprint density at radius 3 is 2.59 bits per heavy atom. The Bertz CT molecular complexity index is 601. The summed E-state index contributed by atoms with van der Waals surface area (Å²) in [6.45, 7) is 4.96. The number of thiophene rings is 1. The van der Waals surface area contributed by atoms with E-state index < -0.39 is 0 Å². The second-order valence-corrected chi connectivity index (χ2v) is 6.83. The average molecular weight is 314 g/mol. The van der Waals surface area contributed by atoms with E-state index in [1.54, 1.807) is 11.3 Å². The number of hydrogen-bond acceptors (Lipinski definition) is 3. The molecule has 22 heavy (non-hydrogen) atoms. The van der Waals surface area contributed by atoms with Crippen LogP contribution in [0.2, 0.25) is 0 Å². The number of carbonyl (C=O) groups is 1. The first-order valence-electron chi connectivity index (χ1n) is 7.86. The second kappa shape index (κ2) is 7.07. The molecule has 1 atom stereocenters. The molecule has 1 aliphatic heterocycles. The molecule has 2 heterocycles. The molecule has 0 unspecified atom stereocenters. The maximum absolute atomic E-state index is 12.3. The molecule has 1 saturated heterocycles. The molecule has 0 radical (unpaired) electrons. The summed E-state index contributed by atoms with van der Waals surface area (Å²) in [5.74, 6) is 0.0146. The van der Waals surface area contributed by atoms with Crippen molar-refractivity contribution >= 4 is 17.2 Å². The van der Waals surface area contributed by atoms with Gasteiger partial charge in [0.05, 0.1) is 6.04 Å². The minimum absolute atomic E-state index is 0.0146. The summed E-state index contributed by atoms with van der Waals surface area (Å²) in [7, 11) is 0. The lowest BCUT2D eigenvalue weighted by Crippen LogP contribution is -2.36. The Morgan fingerprint density at radius 1 is 1.23 bits per heavy atom. The zero-order valence-electron chi connectivity index (χ0n) is 12.9. The maximum atomic E-state index is 12.3. The van der Waals surface area contributed by atoms with Crippen molar-refractivity contribution in [2.45, 2.75) is 25.8 Å². The third-order valence-corrected chi connectivity index (χ3v) is 5.20. The molecule has 3 rings (SSSR count). The molecule has 0 saturated carbocycles. The van der Waals surface area contributed by atoms with Gasteiger partial charge in [-0.15, -0.1) is 11.3 Å². The fourth-order valence-electron chi connectivity index (χ4n) is 2.94. The van der Waals surface area contributed by atoms with Gasteiger partial charge in [0.15, 0.2) is 0 Å². The zero-order chi connectivity index (χ0) is 15.4. The summed E-state index contributed by atoms with van der Waals surface area (Å²) in [6, 6.07) is 12.3. The van der Waals surface area contributed by atoms with Gasteiger partial charge in [0, 0.05) is 17.0 Å². The topological polar surface area (TPSA) is 32.3 Å². The van der Waals surface area contributed by atoms with Crippen LogP contribution in [0.4, 0.5) is 0 Å². The van der Waals surface area contributed by atoms with Crippen molar-refractivity contribution < 1.29 is 4.79 Å². The fraction of sp³-hybridized carbons (Fsp3) is 0.389. The number of carbonyl (C=O) groups excluding carboxylic acids is 1. The number of likely N-dealkylation sites (tertiary alicyclic amines) is 1. The molecule has 1 aromatic carbocycles. The molecular formula is C18H22N2OS. The van der Waals surface area contributed by atoms with E-state index >= 15 is 0 Å². The van der Waals surface area contributed by atoms with Crippen molar-refractivity contribution in [3.05, 3.63) is 57.8 Å². The van der Waals surface area contributed by atoms with E-state index in [0.717, 1.165) is 18.7 Å². The lowest BCUT2D eigenvalue weighted by Gasteiger charge is -2.26. The van der Waals surface area contributed by atoms with Gasteiger partial charge in [0.25, 0.3) is 5.91 Å². The van der Waals surface area contributed by atoms with Crippen LogP contribution in [0.5, 0.6) is 0 Å². The average Bonchev–Trinajstić information content (AvgIpc) is 3.22. The minimum Gasteiger partial charge on any atom is -0.350 e. The zero-order valence-corrected chi connectivity index (χ0v) is 13.7. The van der Waals surface area contributed by atoms with Crippen molar-refractivity contribution in [1.82, 2.24) is 10.2 Å². The molecule has 1 amide bonds. The number of benzene rings is 1. The SMILES string of the molecule is Cc1ccc(C(=O)NC[C@H](c2cccs2)N2CCCC2)cc1. The lowest BCUT2D eigenvalue weighted by molar-refractivity contribution is 0.0938. The first kappa shape index (κ1) is 15.3. The molecule has 3 nitrogen and oxygen atoms in total. The quantitative estimate of drug-likeness (QED) is 0.914. The summed E-state index contributed by atoms with van der Waals surface area (Å²) in [5.41, 5.74) is 1.90. The Balaban J connectivity index is 1.66. The Labute approximate surface area is 136 Å². The van der Waals surface area contributed by atoms with Gasteiger partial charge in [-0.3, -0.25) is 9.69 Å². The molecule has 1 N–H and O–H groups in total. The van der Waals surface area contributed by atoms with Crippen molar-refractivity contribution in [3.8, 4) is 0 Å². The van der Waals surface area contributed by atoms with Crippen molar-refractivity contribution in [1.29, 1.82) is 0 Å². The van der Waals surface area contributed by atoms with Gasteiger partial charge in [-0.25, -0.2) is 0 Å². The number of aryl methyl sites for hydroxylation is 1. The Hall–Kier alpha value is -1.65. The number of amides is 1. The smallest absolute Gasteiger partial charge is 0.251 e. The molecule has 0 spiro atoms. The molecule has 1 aromatic heterocycles. The number of rotatable bonds is 5. The fourth-order valence-corrected chi connectivity index (χ4v) is 3.80. The van der Waals surface area contributed by atoms with E-state index in [1.807, 2.05) is 31.2 Å². The molecule has 1 fully saturated rings. The predicted molar refractivity (Wildman–Crippen MR) is 91.4 cm³/mol. The molecule has 4 heteroatoms. The third-order valence-electron chi connectivity index (χ3n) is 4.22. The van der Waals surface area contributed by atoms with Crippen molar-refractivity contribution in [3.63, 3.8) is 0 Å². The number of nitrogens with zero attached hydrogens (tertiary/aromatic N) is 1. The van der Waals surface area contributed by atoms with Gasteiger partial charge >= 0.3 is 0 Å². The van der Waals surface area contributed by atoms with E-state index in [4.69, 9.17) is 0 Å². The highest BCUT2D eigenvalue weighted by Gasteiger charge is 2.24. The normalized spacial score (nSPS) is 16.6. The van der Waals surface area contributed by atoms with Gasteiger partial charge in [0.1, 0.15) is 0 Å². The van der Waals surface area contributed by atoms with Gasteiger partial charge in [-0.2, -0.15) is 0 Å². The number of nitrogens with one attached hydrogen (secondary N) is 1. The van der Waals surface area contributed by atoms with E-state index in [2.05, 4.69) is 27.7 Å². The molecule has 2 aromatic rings. The van der Waals surface area contributed by atoms with Crippen LogP contribution in [0.3, 0.4) is 0 Å². The molecule has 0 bridgehead atoms. The van der Waals surface area contributed by atoms with Crippen LogP contribution in [0, 0.1) is 6.92 Å². The van der Waals surface area contributed by atoms with E-state index in [0.29, 0.717) is 12.6 Å². The van der Waals surface area contributed by atoms with Crippen LogP contribution < -0.4 is 5.32 Å². The van der Waals surface area contributed by atoms with Crippen LogP contribution in [-0.4, -0.2) is 30.4 Å². The van der Waals surface area contributed by atoms with Crippen LogP contribution in [-0.2, 0) is 0 Å². The van der Waals surface area contributed by atoms with Gasteiger partial charge in [-0.1, -0.05) is 23.8 Å². The third kappa shape index (κ3) is 3.57. The highest BCUT2D eigenvalue weighted by Crippen LogP contribution is 2.27. The summed E-state index contributed by atoms with van der Waals surface area (Å²) in [5, 5.41) is 5.22. The molecule has 1 aliphatic rings. The van der Waals surface area contributed by atoms with Gasteiger partial charge < -0.3 is 5.32 Å². The van der Waals surface area contributed by atoms with E-state index in [1.165, 1.54) is 23.3 Å². The number of hydrogen-bond donors (Lipinski definition) is 1. The van der Waals surface area contributed by atoms with Crippen LogP contribution in [0.15, 0.2) is 41.8 Å². The Kier molecular flexibility index (Phi) is 4.90. The standard InChI is InChI=1S/C18H22N2OS/c1-14-6-8-15(9-7-14)18(21)19-13-16(17-5-4-12-22-17)20-10-2-3-11-20/h4-9,12,16H,2-3,10-11,13H2,1H3,(H,19,21)/t16-/m1/s1. The largest absolute Gasteiger partial charge is 0.350 e. The van der Waals surface area contributed by atoms with Crippen molar-refractivity contribution in [2.24, 2.45) is 0 Å². The lowest BCUT2D eigenvalue weighted by atomic mass is 10.1. The molecular weight excluding hydrogens is 292 g/mol. The first-order chi connectivity index (χ1) is 10.7. The van der Waals surface area contributed by atoms with E-state index in [-0.39, 0.29) is 5.91 Å². The minimum atomic E-state index is 0.0146. The van der Waals surface area contributed by atoms with Crippen LogP contribution >= 0.6 is 11.3 Å². The van der Waals surface area contributed by atoms with Gasteiger partial charge in [0.2, 0.25) is 0 Å². The van der Waals surface area contributed by atoms with Crippen molar-refractivity contribution in [2.75, 3.05) is 19.6 Å². The summed E-state index contributed by atoms with van der Waals surface area (Å²) >= 11 is 1.77. The Morgan fingerprint density at radius 2 is 1.95 bits per heavy atom.